The number of nitriles is 1. The summed E-state index contributed by atoms with van der Waals surface area (Å²) >= 11 is 4.47. The molecule has 84 valence electrons. The highest BCUT2D eigenvalue weighted by Gasteiger charge is 2.06. The maximum atomic E-state index is 8.46. The number of pyridine rings is 1. The minimum atomic E-state index is 0.705. The minimum absolute atomic E-state index is 0.705. The highest BCUT2D eigenvalue weighted by molar-refractivity contribution is 14.1. The third kappa shape index (κ3) is 3.86. The number of nitrogens with zero attached hydrogens (tertiary/aromatic N) is 4. The van der Waals surface area contributed by atoms with Gasteiger partial charge < -0.3 is 4.90 Å². The molecule has 0 fully saturated rings. The molecule has 1 heterocycles. The SMILES string of the molecule is C/C(=N\C#N)N(C)Cc1cnc(I)cc1I. The lowest BCUT2D eigenvalue weighted by molar-refractivity contribution is 0.495. The zero-order valence-corrected chi connectivity index (χ0v) is 13.2. The number of hydrogen-bond donors (Lipinski definition) is 0. The zero-order valence-electron chi connectivity index (χ0n) is 8.91. The van der Waals surface area contributed by atoms with Crippen molar-refractivity contribution in [3.8, 4) is 6.19 Å². The molecule has 4 nitrogen and oxygen atoms in total. The number of aromatic nitrogens is 1. The molecule has 0 saturated carbocycles. The van der Waals surface area contributed by atoms with E-state index in [1.807, 2.05) is 31.1 Å². The minimum Gasteiger partial charge on any atom is -0.358 e. The van der Waals surface area contributed by atoms with Gasteiger partial charge in [-0.1, -0.05) is 0 Å². The van der Waals surface area contributed by atoms with Gasteiger partial charge in [0, 0.05) is 28.9 Å². The Balaban J connectivity index is 2.82. The highest BCUT2D eigenvalue weighted by atomic mass is 127. The van der Waals surface area contributed by atoms with Crippen LogP contribution in [0, 0.1) is 18.7 Å². The number of aliphatic imine (C=N–C) groups is 1. The maximum absolute atomic E-state index is 8.46. The van der Waals surface area contributed by atoms with Crippen molar-refractivity contribution >= 4 is 51.0 Å². The average Bonchev–Trinajstić information content (AvgIpc) is 2.22. The fourth-order valence-corrected chi connectivity index (χ4v) is 2.73. The van der Waals surface area contributed by atoms with Crippen LogP contribution in [-0.4, -0.2) is 22.8 Å². The van der Waals surface area contributed by atoms with Crippen LogP contribution in [0.1, 0.15) is 12.5 Å². The molecule has 0 aliphatic heterocycles. The van der Waals surface area contributed by atoms with Crippen molar-refractivity contribution in [2.24, 2.45) is 4.99 Å². The van der Waals surface area contributed by atoms with Crippen LogP contribution < -0.4 is 0 Å². The highest BCUT2D eigenvalue weighted by Crippen LogP contribution is 2.15. The van der Waals surface area contributed by atoms with E-state index < -0.39 is 0 Å². The molecule has 0 aliphatic carbocycles. The number of amidine groups is 1. The zero-order chi connectivity index (χ0) is 12.1. The number of halogens is 2. The maximum Gasteiger partial charge on any atom is 0.207 e. The molecule has 6 heteroatoms. The van der Waals surface area contributed by atoms with E-state index in [0.717, 1.165) is 9.26 Å². The average molecular weight is 440 g/mol. The van der Waals surface area contributed by atoms with Gasteiger partial charge in [-0.15, -0.1) is 0 Å². The van der Waals surface area contributed by atoms with Crippen molar-refractivity contribution in [2.75, 3.05) is 7.05 Å². The van der Waals surface area contributed by atoms with Gasteiger partial charge in [0.05, 0.1) is 0 Å². The summed E-state index contributed by atoms with van der Waals surface area (Å²) in [6.45, 7) is 2.52. The third-order valence-electron chi connectivity index (χ3n) is 2.07. The van der Waals surface area contributed by atoms with Crippen LogP contribution in [0.15, 0.2) is 17.3 Å². The standard InChI is InChI=1S/C10H10I2N4/c1-7(15-6-13)16(2)5-8-4-14-10(12)3-9(8)11/h3-4H,5H2,1-2H3/b15-7+. The molecule has 0 N–H and O–H groups in total. The van der Waals surface area contributed by atoms with Crippen LogP contribution in [-0.2, 0) is 6.54 Å². The van der Waals surface area contributed by atoms with Gasteiger partial charge in [0.15, 0.2) is 0 Å². The molecular weight excluding hydrogens is 430 g/mol. The molecule has 0 unspecified atom stereocenters. The Kier molecular flexibility index (Phi) is 5.40. The van der Waals surface area contributed by atoms with Gasteiger partial charge in [-0.25, -0.2) is 4.98 Å². The molecule has 0 bridgehead atoms. The van der Waals surface area contributed by atoms with Crippen LogP contribution >= 0.6 is 45.2 Å². The lowest BCUT2D eigenvalue weighted by Crippen LogP contribution is -2.24. The quantitative estimate of drug-likeness (QED) is 0.234. The second kappa shape index (κ2) is 6.34. The Hall–Kier alpha value is -0.430. The van der Waals surface area contributed by atoms with E-state index in [2.05, 4.69) is 55.2 Å². The molecule has 1 aromatic heterocycles. The number of hydrogen-bond acceptors (Lipinski definition) is 3. The van der Waals surface area contributed by atoms with Crippen LogP contribution in [0.25, 0.3) is 0 Å². The largest absolute Gasteiger partial charge is 0.358 e. The smallest absolute Gasteiger partial charge is 0.207 e. The molecule has 0 spiro atoms. The first-order valence-corrected chi connectivity index (χ1v) is 6.64. The van der Waals surface area contributed by atoms with E-state index in [-0.39, 0.29) is 0 Å². The first kappa shape index (κ1) is 13.6. The molecule has 0 radical (unpaired) electrons. The first-order chi connectivity index (χ1) is 7.54. The Morgan fingerprint density at radius 1 is 1.62 bits per heavy atom. The lowest BCUT2D eigenvalue weighted by atomic mass is 10.3. The summed E-state index contributed by atoms with van der Waals surface area (Å²) in [6.07, 6.45) is 3.65. The summed E-state index contributed by atoms with van der Waals surface area (Å²) in [5.74, 6) is 0.705. The van der Waals surface area contributed by atoms with E-state index in [4.69, 9.17) is 5.26 Å². The summed E-state index contributed by atoms with van der Waals surface area (Å²) in [5, 5.41) is 8.46. The second-order valence-corrected chi connectivity index (χ2v) is 5.48. The van der Waals surface area contributed by atoms with Crippen molar-refractivity contribution < 1.29 is 0 Å². The lowest BCUT2D eigenvalue weighted by Gasteiger charge is -2.18. The van der Waals surface area contributed by atoms with E-state index in [1.54, 1.807) is 6.19 Å². The van der Waals surface area contributed by atoms with Crippen LogP contribution in [0.4, 0.5) is 0 Å². The molecule has 0 aromatic carbocycles. The molecule has 16 heavy (non-hydrogen) atoms. The van der Waals surface area contributed by atoms with Crippen LogP contribution in [0.2, 0.25) is 0 Å². The fourth-order valence-electron chi connectivity index (χ4n) is 1.08. The van der Waals surface area contributed by atoms with Gasteiger partial charge in [0.1, 0.15) is 9.54 Å². The molecular formula is C10H10I2N4. The molecule has 0 atom stereocenters. The molecule has 1 rings (SSSR count). The summed E-state index contributed by atoms with van der Waals surface area (Å²) in [7, 11) is 1.91. The van der Waals surface area contributed by atoms with E-state index >= 15 is 0 Å². The van der Waals surface area contributed by atoms with Crippen LogP contribution in [0.5, 0.6) is 0 Å². The van der Waals surface area contributed by atoms with Gasteiger partial charge in [-0.2, -0.15) is 10.3 Å². The molecule has 0 amide bonds. The van der Waals surface area contributed by atoms with Gasteiger partial charge in [-0.05, 0) is 58.2 Å². The van der Waals surface area contributed by atoms with Gasteiger partial charge in [0.25, 0.3) is 0 Å². The summed E-state index contributed by atoms with van der Waals surface area (Å²) in [4.78, 5) is 9.87. The second-order valence-electron chi connectivity index (χ2n) is 3.21. The molecule has 1 aromatic rings. The Morgan fingerprint density at radius 2 is 2.31 bits per heavy atom. The summed E-state index contributed by atoms with van der Waals surface area (Å²) in [5.41, 5.74) is 1.14. The van der Waals surface area contributed by atoms with Crippen molar-refractivity contribution in [3.63, 3.8) is 0 Å². The Bertz CT molecular complexity index is 451. The van der Waals surface area contributed by atoms with Crippen molar-refractivity contribution in [1.29, 1.82) is 5.26 Å². The van der Waals surface area contributed by atoms with Crippen molar-refractivity contribution in [3.05, 3.63) is 25.1 Å². The van der Waals surface area contributed by atoms with Crippen LogP contribution in [0.3, 0.4) is 0 Å². The Morgan fingerprint density at radius 3 is 2.88 bits per heavy atom. The van der Waals surface area contributed by atoms with Gasteiger partial charge in [-0.3, -0.25) is 0 Å². The molecule has 0 aliphatic rings. The van der Waals surface area contributed by atoms with Gasteiger partial charge in [0.2, 0.25) is 6.19 Å². The molecule has 0 saturated heterocycles. The van der Waals surface area contributed by atoms with Gasteiger partial charge >= 0.3 is 0 Å². The van der Waals surface area contributed by atoms with E-state index in [9.17, 15) is 0 Å². The monoisotopic (exact) mass is 440 g/mol. The summed E-state index contributed by atoms with van der Waals surface area (Å²) in [6, 6.07) is 2.03. The summed E-state index contributed by atoms with van der Waals surface area (Å²) < 4.78 is 2.16. The number of rotatable bonds is 2. The predicted octanol–water partition coefficient (Wildman–Crippen LogP) is 2.62. The van der Waals surface area contributed by atoms with Crippen molar-refractivity contribution in [2.45, 2.75) is 13.5 Å². The Labute approximate surface area is 122 Å². The fraction of sp³-hybridized carbons (Fsp3) is 0.300. The van der Waals surface area contributed by atoms with E-state index in [0.29, 0.717) is 12.4 Å². The first-order valence-electron chi connectivity index (χ1n) is 4.49. The normalized spacial score (nSPS) is 11.1. The third-order valence-corrected chi connectivity index (χ3v) is 3.66. The van der Waals surface area contributed by atoms with Crippen molar-refractivity contribution in [1.82, 2.24) is 9.88 Å². The topological polar surface area (TPSA) is 52.3 Å². The predicted molar refractivity (Wildman–Crippen MR) is 79.9 cm³/mol. The van der Waals surface area contributed by atoms with E-state index in [1.165, 1.54) is 3.57 Å².